The van der Waals surface area contributed by atoms with Crippen molar-refractivity contribution in [2.75, 3.05) is 26.3 Å². The topological polar surface area (TPSA) is 58.6 Å². The minimum atomic E-state index is -0.187. The third kappa shape index (κ3) is 1.78. The first kappa shape index (κ1) is 9.61. The summed E-state index contributed by atoms with van der Waals surface area (Å²) in [5.74, 6) is -0.374. The molecular weight excluding hydrogens is 184 g/mol. The Morgan fingerprint density at radius 1 is 1.14 bits per heavy atom. The maximum absolute atomic E-state index is 11.5. The van der Waals surface area contributed by atoms with Crippen molar-refractivity contribution in [1.29, 1.82) is 0 Å². The van der Waals surface area contributed by atoms with E-state index in [0.29, 0.717) is 0 Å². The van der Waals surface area contributed by atoms with Crippen LogP contribution >= 0.6 is 0 Å². The Hall–Kier alpha value is -0.940. The van der Waals surface area contributed by atoms with Gasteiger partial charge < -0.3 is 10.1 Å². The molecule has 2 saturated heterocycles. The number of carbonyl (C=O) groups excluding carboxylic acids is 2. The van der Waals surface area contributed by atoms with Gasteiger partial charge in [-0.2, -0.15) is 0 Å². The van der Waals surface area contributed by atoms with Crippen molar-refractivity contribution in [3.05, 3.63) is 0 Å². The fourth-order valence-corrected chi connectivity index (χ4v) is 1.98. The van der Waals surface area contributed by atoms with Crippen molar-refractivity contribution in [2.24, 2.45) is 0 Å². The van der Waals surface area contributed by atoms with Crippen molar-refractivity contribution in [3.63, 3.8) is 0 Å². The molecule has 0 radical (unpaired) electrons. The average Bonchev–Trinajstić information content (AvgIpc) is 2.19. The Balaban J connectivity index is 2.05. The molecule has 1 N–H and O–H groups in total. The molecule has 5 nitrogen and oxygen atoms in total. The highest BCUT2D eigenvalue weighted by atomic mass is 16.5. The van der Waals surface area contributed by atoms with E-state index >= 15 is 0 Å². The van der Waals surface area contributed by atoms with Gasteiger partial charge in [0.2, 0.25) is 0 Å². The largest absolute Gasteiger partial charge is 0.362 e. The van der Waals surface area contributed by atoms with Gasteiger partial charge in [0, 0.05) is 6.04 Å². The summed E-state index contributed by atoms with van der Waals surface area (Å²) < 4.78 is 4.86. The van der Waals surface area contributed by atoms with Crippen LogP contribution in [0.5, 0.6) is 0 Å². The Bertz CT molecular complexity index is 232. The number of carbonyl (C=O) groups is 2. The van der Waals surface area contributed by atoms with E-state index in [9.17, 15) is 9.59 Å². The van der Waals surface area contributed by atoms with Gasteiger partial charge in [0.15, 0.2) is 0 Å². The lowest BCUT2D eigenvalue weighted by atomic mass is 10.0. The second kappa shape index (κ2) is 4.06. The molecule has 2 rings (SSSR count). The first-order chi connectivity index (χ1) is 6.79. The fourth-order valence-electron chi connectivity index (χ4n) is 1.98. The Morgan fingerprint density at radius 2 is 1.71 bits per heavy atom. The zero-order valence-electron chi connectivity index (χ0n) is 7.99. The SMILES string of the molecule is O=C1COCC(=O)N1C1CCNCC1. The summed E-state index contributed by atoms with van der Waals surface area (Å²) in [5, 5.41) is 3.20. The number of hydrogen-bond donors (Lipinski definition) is 1. The molecule has 2 heterocycles. The minimum absolute atomic E-state index is 0.0513. The highest BCUT2D eigenvalue weighted by molar-refractivity contribution is 5.98. The molecule has 0 aromatic carbocycles. The molecule has 5 heteroatoms. The Morgan fingerprint density at radius 3 is 2.29 bits per heavy atom. The number of nitrogens with one attached hydrogen (secondary N) is 1. The van der Waals surface area contributed by atoms with Crippen LogP contribution in [0.4, 0.5) is 0 Å². The van der Waals surface area contributed by atoms with E-state index < -0.39 is 0 Å². The monoisotopic (exact) mass is 198 g/mol. The lowest BCUT2D eigenvalue weighted by Gasteiger charge is -2.35. The standard InChI is InChI=1S/C9H14N2O3/c12-8-5-14-6-9(13)11(8)7-1-3-10-4-2-7/h7,10H,1-6H2. The van der Waals surface area contributed by atoms with Crippen molar-refractivity contribution in [2.45, 2.75) is 18.9 Å². The number of hydrogen-bond acceptors (Lipinski definition) is 4. The van der Waals surface area contributed by atoms with Gasteiger partial charge in [-0.25, -0.2) is 0 Å². The molecule has 0 aliphatic carbocycles. The van der Waals surface area contributed by atoms with E-state index in [2.05, 4.69) is 5.32 Å². The summed E-state index contributed by atoms with van der Waals surface area (Å²) in [6.07, 6.45) is 1.72. The molecule has 0 atom stereocenters. The van der Waals surface area contributed by atoms with Gasteiger partial charge in [-0.3, -0.25) is 14.5 Å². The van der Waals surface area contributed by atoms with E-state index in [0.717, 1.165) is 25.9 Å². The number of rotatable bonds is 1. The third-order valence-corrected chi connectivity index (χ3v) is 2.66. The maximum atomic E-state index is 11.5. The quantitative estimate of drug-likeness (QED) is 0.556. The van der Waals surface area contributed by atoms with E-state index in [1.54, 1.807) is 0 Å². The van der Waals surface area contributed by atoms with Crippen LogP contribution in [-0.4, -0.2) is 49.1 Å². The van der Waals surface area contributed by atoms with Gasteiger partial charge in [-0.05, 0) is 25.9 Å². The predicted octanol–water partition coefficient (Wildman–Crippen LogP) is -0.876. The minimum Gasteiger partial charge on any atom is -0.362 e. The van der Waals surface area contributed by atoms with Gasteiger partial charge in [0.05, 0.1) is 0 Å². The maximum Gasteiger partial charge on any atom is 0.255 e. The highest BCUT2D eigenvalue weighted by Crippen LogP contribution is 2.14. The average molecular weight is 198 g/mol. The van der Waals surface area contributed by atoms with Crippen molar-refractivity contribution in [1.82, 2.24) is 10.2 Å². The van der Waals surface area contributed by atoms with Crippen LogP contribution in [-0.2, 0) is 14.3 Å². The van der Waals surface area contributed by atoms with Crippen LogP contribution in [0.25, 0.3) is 0 Å². The number of amides is 2. The summed E-state index contributed by atoms with van der Waals surface area (Å²) in [6.45, 7) is 1.86. The third-order valence-electron chi connectivity index (χ3n) is 2.66. The van der Waals surface area contributed by atoms with Gasteiger partial charge in [-0.15, -0.1) is 0 Å². The summed E-state index contributed by atoms with van der Waals surface area (Å²) in [4.78, 5) is 24.3. The molecule has 2 aliphatic rings. The van der Waals surface area contributed by atoms with Gasteiger partial charge in [-0.1, -0.05) is 0 Å². The van der Waals surface area contributed by atoms with Crippen LogP contribution < -0.4 is 5.32 Å². The normalized spacial score (nSPS) is 25.6. The zero-order valence-corrected chi connectivity index (χ0v) is 7.99. The number of ether oxygens (including phenoxy) is 1. The van der Waals surface area contributed by atoms with E-state index in [4.69, 9.17) is 4.74 Å². The highest BCUT2D eigenvalue weighted by Gasteiger charge is 2.33. The van der Waals surface area contributed by atoms with E-state index in [1.165, 1.54) is 4.90 Å². The van der Waals surface area contributed by atoms with Crippen molar-refractivity contribution >= 4 is 11.8 Å². The van der Waals surface area contributed by atoms with Crippen LogP contribution in [0.2, 0.25) is 0 Å². The molecule has 2 aliphatic heterocycles. The van der Waals surface area contributed by atoms with Gasteiger partial charge in [0.1, 0.15) is 13.2 Å². The van der Waals surface area contributed by atoms with E-state index in [1.807, 2.05) is 0 Å². The molecule has 0 unspecified atom stereocenters. The van der Waals surface area contributed by atoms with Crippen molar-refractivity contribution in [3.8, 4) is 0 Å². The number of nitrogens with zero attached hydrogens (tertiary/aromatic N) is 1. The molecule has 2 fully saturated rings. The van der Waals surface area contributed by atoms with E-state index in [-0.39, 0.29) is 31.1 Å². The van der Waals surface area contributed by atoms with Crippen LogP contribution in [0, 0.1) is 0 Å². The lowest BCUT2D eigenvalue weighted by molar-refractivity contribution is -0.162. The molecule has 2 amide bonds. The Kier molecular flexibility index (Phi) is 2.79. The number of piperidine rings is 1. The first-order valence-electron chi connectivity index (χ1n) is 4.92. The summed E-state index contributed by atoms with van der Waals surface area (Å²) in [7, 11) is 0. The first-order valence-corrected chi connectivity index (χ1v) is 4.92. The molecule has 0 aromatic heterocycles. The van der Waals surface area contributed by atoms with Crippen LogP contribution in [0.3, 0.4) is 0 Å². The molecule has 14 heavy (non-hydrogen) atoms. The van der Waals surface area contributed by atoms with Crippen LogP contribution in [0.15, 0.2) is 0 Å². The fraction of sp³-hybridized carbons (Fsp3) is 0.778. The summed E-state index contributed by atoms with van der Waals surface area (Å²) >= 11 is 0. The lowest BCUT2D eigenvalue weighted by Crippen LogP contribution is -2.54. The Labute approximate surface area is 82.4 Å². The summed E-state index contributed by atoms with van der Waals surface area (Å²) in [6, 6.07) is 0.0835. The molecule has 0 aromatic rings. The predicted molar refractivity (Wildman–Crippen MR) is 48.6 cm³/mol. The molecule has 78 valence electrons. The number of morpholine rings is 1. The smallest absolute Gasteiger partial charge is 0.255 e. The summed E-state index contributed by atoms with van der Waals surface area (Å²) in [5.41, 5.74) is 0. The number of imide groups is 1. The van der Waals surface area contributed by atoms with Crippen molar-refractivity contribution < 1.29 is 14.3 Å². The molecule has 0 spiro atoms. The van der Waals surface area contributed by atoms with Gasteiger partial charge >= 0.3 is 0 Å². The second-order valence-corrected chi connectivity index (χ2v) is 3.63. The molecule has 0 bridgehead atoms. The molecule has 0 saturated carbocycles. The second-order valence-electron chi connectivity index (χ2n) is 3.63. The zero-order chi connectivity index (χ0) is 9.97. The van der Waals surface area contributed by atoms with Crippen LogP contribution in [0.1, 0.15) is 12.8 Å². The molecular formula is C9H14N2O3. The van der Waals surface area contributed by atoms with Gasteiger partial charge in [0.25, 0.3) is 11.8 Å².